The fourth-order valence-electron chi connectivity index (χ4n) is 2.86. The maximum atomic E-state index is 14.4. The van der Waals surface area contributed by atoms with E-state index in [1.54, 1.807) is 13.1 Å². The second-order valence-corrected chi connectivity index (χ2v) is 6.06. The predicted molar refractivity (Wildman–Crippen MR) is 97.5 cm³/mol. The summed E-state index contributed by atoms with van der Waals surface area (Å²) in [6.45, 7) is 0. The SMILES string of the molecule is Cn1cnc2ccc(Oc3c(F)ccc(-n4ccc(F)c4)c3C#N)cc2c1=O. The van der Waals surface area contributed by atoms with Gasteiger partial charge in [-0.3, -0.25) is 4.79 Å². The van der Waals surface area contributed by atoms with E-state index in [2.05, 4.69) is 4.98 Å². The molecular formula is C20H12F2N4O2. The Morgan fingerprint density at radius 1 is 1.18 bits per heavy atom. The van der Waals surface area contributed by atoms with Gasteiger partial charge in [0.15, 0.2) is 11.6 Å². The third-order valence-electron chi connectivity index (χ3n) is 4.24. The van der Waals surface area contributed by atoms with Gasteiger partial charge in [-0.2, -0.15) is 5.26 Å². The maximum absolute atomic E-state index is 14.4. The molecule has 4 rings (SSSR count). The molecule has 2 aromatic heterocycles. The topological polar surface area (TPSA) is 72.8 Å². The van der Waals surface area contributed by atoms with Crippen molar-refractivity contribution in [3.8, 4) is 23.3 Å². The molecular weight excluding hydrogens is 366 g/mol. The van der Waals surface area contributed by atoms with Gasteiger partial charge in [0.2, 0.25) is 0 Å². The Morgan fingerprint density at radius 3 is 2.71 bits per heavy atom. The van der Waals surface area contributed by atoms with Crippen molar-refractivity contribution in [3.05, 3.63) is 82.7 Å². The van der Waals surface area contributed by atoms with Crippen LogP contribution >= 0.6 is 0 Å². The summed E-state index contributed by atoms with van der Waals surface area (Å²) in [5, 5.41) is 9.85. The fourth-order valence-corrected chi connectivity index (χ4v) is 2.86. The first kappa shape index (κ1) is 17.4. The average molecular weight is 378 g/mol. The minimum atomic E-state index is -0.757. The van der Waals surface area contributed by atoms with Crippen molar-refractivity contribution >= 4 is 10.9 Å². The first-order valence-electron chi connectivity index (χ1n) is 8.17. The van der Waals surface area contributed by atoms with E-state index in [0.717, 1.165) is 6.07 Å². The van der Waals surface area contributed by atoms with E-state index < -0.39 is 11.6 Å². The highest BCUT2D eigenvalue weighted by molar-refractivity contribution is 5.79. The van der Waals surface area contributed by atoms with Crippen molar-refractivity contribution in [2.75, 3.05) is 0 Å². The average Bonchev–Trinajstić information content (AvgIpc) is 3.12. The lowest BCUT2D eigenvalue weighted by Crippen LogP contribution is -2.16. The number of nitrogens with zero attached hydrogens (tertiary/aromatic N) is 4. The van der Waals surface area contributed by atoms with Crippen LogP contribution in [0.2, 0.25) is 0 Å². The molecule has 0 aliphatic heterocycles. The first-order chi connectivity index (χ1) is 13.5. The van der Waals surface area contributed by atoms with Crippen LogP contribution < -0.4 is 10.3 Å². The Balaban J connectivity index is 1.84. The molecule has 0 spiro atoms. The number of nitriles is 1. The van der Waals surface area contributed by atoms with Crippen LogP contribution in [0.1, 0.15) is 5.56 Å². The van der Waals surface area contributed by atoms with Gasteiger partial charge < -0.3 is 13.9 Å². The number of rotatable bonds is 3. The van der Waals surface area contributed by atoms with Gasteiger partial charge in [0, 0.05) is 19.4 Å². The van der Waals surface area contributed by atoms with E-state index >= 15 is 0 Å². The van der Waals surface area contributed by atoms with E-state index in [-0.39, 0.29) is 28.3 Å². The number of aryl methyl sites for hydroxylation is 1. The molecule has 4 aromatic rings. The van der Waals surface area contributed by atoms with Gasteiger partial charge in [-0.15, -0.1) is 0 Å². The molecule has 2 aromatic carbocycles. The standard InChI is InChI=1S/C20H12F2N4O2/c1-25-11-24-17-4-2-13(8-14(17)20(25)27)28-19-15(9-23)18(5-3-16(19)22)26-7-6-12(21)10-26/h2-8,10-11H,1H3. The molecule has 8 heteroatoms. The highest BCUT2D eigenvalue weighted by atomic mass is 19.1. The van der Waals surface area contributed by atoms with Crippen molar-refractivity contribution in [1.29, 1.82) is 5.26 Å². The van der Waals surface area contributed by atoms with Gasteiger partial charge in [-0.05, 0) is 36.4 Å². The van der Waals surface area contributed by atoms with E-state index in [1.165, 1.54) is 52.1 Å². The minimum Gasteiger partial charge on any atom is -0.453 e. The molecule has 0 atom stereocenters. The Kier molecular flexibility index (Phi) is 4.12. The highest BCUT2D eigenvalue weighted by Crippen LogP contribution is 2.33. The lowest BCUT2D eigenvalue weighted by molar-refractivity contribution is 0.441. The summed E-state index contributed by atoms with van der Waals surface area (Å²) in [7, 11) is 1.56. The molecule has 28 heavy (non-hydrogen) atoms. The van der Waals surface area contributed by atoms with Crippen LogP contribution in [0.3, 0.4) is 0 Å². The van der Waals surface area contributed by atoms with E-state index in [0.29, 0.717) is 10.9 Å². The van der Waals surface area contributed by atoms with E-state index in [4.69, 9.17) is 4.74 Å². The molecule has 0 saturated carbocycles. The van der Waals surface area contributed by atoms with Crippen LogP contribution in [0.25, 0.3) is 16.6 Å². The third kappa shape index (κ3) is 2.89. The molecule has 0 N–H and O–H groups in total. The number of hydrogen-bond acceptors (Lipinski definition) is 4. The first-order valence-corrected chi connectivity index (χ1v) is 8.17. The summed E-state index contributed by atoms with van der Waals surface area (Å²) >= 11 is 0. The van der Waals surface area contributed by atoms with Gasteiger partial charge in [-0.25, -0.2) is 13.8 Å². The van der Waals surface area contributed by atoms with Gasteiger partial charge in [0.05, 0.1) is 22.9 Å². The molecule has 0 amide bonds. The van der Waals surface area contributed by atoms with Gasteiger partial charge in [0.25, 0.3) is 5.56 Å². The lowest BCUT2D eigenvalue weighted by Gasteiger charge is -2.13. The van der Waals surface area contributed by atoms with E-state index in [9.17, 15) is 18.8 Å². The zero-order valence-electron chi connectivity index (χ0n) is 14.6. The fraction of sp³-hybridized carbons (Fsp3) is 0.0500. The molecule has 2 heterocycles. The molecule has 0 aliphatic carbocycles. The smallest absolute Gasteiger partial charge is 0.261 e. The molecule has 0 fully saturated rings. The second kappa shape index (κ2) is 6.63. The second-order valence-electron chi connectivity index (χ2n) is 6.06. The summed E-state index contributed by atoms with van der Waals surface area (Å²) in [5.41, 5.74) is 0.344. The Morgan fingerprint density at radius 2 is 2.00 bits per heavy atom. The Hall–Kier alpha value is -3.99. The molecule has 6 nitrogen and oxygen atoms in total. The third-order valence-corrected chi connectivity index (χ3v) is 4.24. The van der Waals surface area contributed by atoms with Crippen molar-refractivity contribution < 1.29 is 13.5 Å². The quantitative estimate of drug-likeness (QED) is 0.545. The monoisotopic (exact) mass is 378 g/mol. The summed E-state index contributed by atoms with van der Waals surface area (Å²) in [4.78, 5) is 16.4. The van der Waals surface area contributed by atoms with E-state index in [1.807, 2.05) is 6.07 Å². The number of halogens is 2. The summed E-state index contributed by atoms with van der Waals surface area (Å²) in [6, 6.07) is 10.1. The Bertz CT molecular complexity index is 1320. The van der Waals surface area contributed by atoms with Crippen LogP contribution in [0.4, 0.5) is 8.78 Å². The molecule has 0 unspecified atom stereocenters. The predicted octanol–water partition coefficient (Wildman–Crippen LogP) is 3.67. The Labute approximate surface area is 157 Å². The van der Waals surface area contributed by atoms with Crippen LogP contribution in [0.5, 0.6) is 11.5 Å². The van der Waals surface area contributed by atoms with Crippen molar-refractivity contribution in [2.45, 2.75) is 0 Å². The molecule has 0 bridgehead atoms. The minimum absolute atomic E-state index is 0.102. The zero-order valence-corrected chi connectivity index (χ0v) is 14.6. The molecule has 138 valence electrons. The summed E-state index contributed by atoms with van der Waals surface area (Å²) in [5.74, 6) is -1.39. The van der Waals surface area contributed by atoms with Crippen LogP contribution in [-0.2, 0) is 7.05 Å². The molecule has 0 aliphatic rings. The molecule has 0 radical (unpaired) electrons. The number of ether oxygens (including phenoxy) is 1. The normalized spacial score (nSPS) is 10.8. The maximum Gasteiger partial charge on any atom is 0.261 e. The largest absolute Gasteiger partial charge is 0.453 e. The van der Waals surface area contributed by atoms with Crippen LogP contribution in [-0.4, -0.2) is 14.1 Å². The van der Waals surface area contributed by atoms with Gasteiger partial charge in [0.1, 0.15) is 23.2 Å². The van der Waals surface area contributed by atoms with Crippen molar-refractivity contribution in [1.82, 2.24) is 14.1 Å². The number of benzene rings is 2. The highest BCUT2D eigenvalue weighted by Gasteiger charge is 2.18. The number of aromatic nitrogens is 3. The molecule has 0 saturated heterocycles. The van der Waals surface area contributed by atoms with Crippen molar-refractivity contribution in [3.63, 3.8) is 0 Å². The zero-order chi connectivity index (χ0) is 19.8. The summed E-state index contributed by atoms with van der Waals surface area (Å²) < 4.78 is 36.1. The van der Waals surface area contributed by atoms with Crippen molar-refractivity contribution in [2.24, 2.45) is 7.05 Å². The van der Waals surface area contributed by atoms with Gasteiger partial charge >= 0.3 is 0 Å². The number of fused-ring (bicyclic) bond motifs is 1. The van der Waals surface area contributed by atoms with Crippen LogP contribution in [0.15, 0.2) is 59.9 Å². The number of hydrogen-bond donors (Lipinski definition) is 0. The lowest BCUT2D eigenvalue weighted by atomic mass is 10.1. The van der Waals surface area contributed by atoms with Crippen LogP contribution in [0, 0.1) is 23.0 Å². The van der Waals surface area contributed by atoms with Gasteiger partial charge in [-0.1, -0.05) is 0 Å². The summed E-state index contributed by atoms with van der Waals surface area (Å²) in [6.07, 6.45) is 3.99.